The van der Waals surface area contributed by atoms with E-state index in [4.69, 9.17) is 0 Å². The fraction of sp³-hybridized carbons (Fsp3) is 0.435. The molecule has 0 bridgehead atoms. The summed E-state index contributed by atoms with van der Waals surface area (Å²) in [6, 6.07) is 12.3. The Hall–Kier alpha value is -2.69. The molecule has 5 heteroatoms. The molecule has 0 aliphatic carbocycles. The summed E-state index contributed by atoms with van der Waals surface area (Å²) in [7, 11) is 0. The molecule has 148 valence electrons. The zero-order valence-electron chi connectivity index (χ0n) is 16.8. The normalized spacial score (nSPS) is 19.3. The van der Waals surface area contributed by atoms with Gasteiger partial charge in [0.1, 0.15) is 0 Å². The van der Waals surface area contributed by atoms with Crippen molar-refractivity contribution in [3.63, 3.8) is 0 Å². The molecule has 1 N–H and O–H groups in total. The van der Waals surface area contributed by atoms with Crippen LogP contribution in [0.15, 0.2) is 48.8 Å². The maximum atomic E-state index is 13.0. The topological polar surface area (TPSA) is 62.3 Å². The van der Waals surface area contributed by atoms with Gasteiger partial charge in [0.15, 0.2) is 0 Å². The molecule has 1 aliphatic rings. The van der Waals surface area contributed by atoms with Crippen LogP contribution in [0.4, 0.5) is 0 Å². The number of benzene rings is 1. The molecule has 1 aromatic heterocycles. The van der Waals surface area contributed by atoms with Crippen molar-refractivity contribution in [2.45, 2.75) is 39.5 Å². The van der Waals surface area contributed by atoms with Gasteiger partial charge in [0.2, 0.25) is 11.8 Å². The lowest BCUT2D eigenvalue weighted by Crippen LogP contribution is -2.54. The van der Waals surface area contributed by atoms with Gasteiger partial charge in [-0.25, -0.2) is 0 Å². The molecule has 5 nitrogen and oxygen atoms in total. The Labute approximate surface area is 167 Å². The van der Waals surface area contributed by atoms with E-state index in [9.17, 15) is 9.59 Å². The maximum Gasteiger partial charge on any atom is 0.228 e. The van der Waals surface area contributed by atoms with Crippen molar-refractivity contribution in [2.24, 2.45) is 5.41 Å². The van der Waals surface area contributed by atoms with Gasteiger partial charge in [-0.2, -0.15) is 0 Å². The summed E-state index contributed by atoms with van der Waals surface area (Å²) in [5, 5.41) is 3.01. The number of rotatable bonds is 6. The van der Waals surface area contributed by atoms with Crippen LogP contribution in [-0.4, -0.2) is 41.3 Å². The molecule has 3 rings (SSSR count). The van der Waals surface area contributed by atoms with Gasteiger partial charge in [0, 0.05) is 38.4 Å². The molecule has 1 fully saturated rings. The van der Waals surface area contributed by atoms with E-state index in [0.29, 0.717) is 25.9 Å². The van der Waals surface area contributed by atoms with Crippen LogP contribution in [0.5, 0.6) is 0 Å². The summed E-state index contributed by atoms with van der Waals surface area (Å²) >= 11 is 0. The van der Waals surface area contributed by atoms with E-state index in [1.807, 2.05) is 37.1 Å². The Morgan fingerprint density at radius 2 is 1.93 bits per heavy atom. The van der Waals surface area contributed by atoms with Gasteiger partial charge in [0.05, 0.1) is 5.41 Å². The molecule has 0 saturated carbocycles. The highest BCUT2D eigenvalue weighted by atomic mass is 16.2. The first-order valence-electron chi connectivity index (χ1n) is 10.1. The Bertz CT molecular complexity index is 804. The molecule has 1 aliphatic heterocycles. The minimum Gasteiger partial charge on any atom is -0.356 e. The predicted octanol–water partition coefficient (Wildman–Crippen LogP) is 3.45. The number of carbonyl (C=O) groups is 2. The lowest BCUT2D eigenvalue weighted by molar-refractivity contribution is -0.141. The van der Waals surface area contributed by atoms with E-state index < -0.39 is 5.41 Å². The molecule has 1 atom stereocenters. The van der Waals surface area contributed by atoms with Gasteiger partial charge >= 0.3 is 0 Å². The first-order valence-corrected chi connectivity index (χ1v) is 10.1. The zero-order valence-corrected chi connectivity index (χ0v) is 16.8. The SMILES string of the molecule is CCNC(=O)[C@@]1(Cc2ccc(-c3cccnc3)cc2)CCCN(C(=O)CC)C1. The third kappa shape index (κ3) is 4.41. The number of carbonyl (C=O) groups excluding carboxylic acids is 2. The van der Waals surface area contributed by atoms with E-state index in [1.54, 1.807) is 6.20 Å². The number of nitrogens with zero attached hydrogens (tertiary/aromatic N) is 2. The number of piperidine rings is 1. The van der Waals surface area contributed by atoms with Crippen LogP contribution in [0.2, 0.25) is 0 Å². The summed E-state index contributed by atoms with van der Waals surface area (Å²) in [6.07, 6.45) is 6.39. The zero-order chi connectivity index (χ0) is 20.0. The minimum absolute atomic E-state index is 0.0555. The second-order valence-electron chi connectivity index (χ2n) is 7.53. The number of pyridine rings is 1. The first kappa shape index (κ1) is 20.1. The van der Waals surface area contributed by atoms with Gasteiger partial charge in [-0.3, -0.25) is 14.6 Å². The lowest BCUT2D eigenvalue weighted by Gasteiger charge is -2.42. The molecule has 2 heterocycles. The fourth-order valence-electron chi connectivity index (χ4n) is 4.07. The number of hydrogen-bond acceptors (Lipinski definition) is 3. The standard InChI is InChI=1S/C23H29N3O2/c1-3-21(27)26-14-6-12-23(17-26,22(28)25-4-2)15-18-8-10-19(11-9-18)20-7-5-13-24-16-20/h5,7-11,13,16H,3-4,6,12,14-15,17H2,1-2H3,(H,25,28)/t23-/m1/s1. The highest BCUT2D eigenvalue weighted by Gasteiger charge is 2.43. The van der Waals surface area contributed by atoms with E-state index in [0.717, 1.165) is 36.1 Å². The molecule has 1 saturated heterocycles. The Kier molecular flexibility index (Phi) is 6.45. The molecular formula is C23H29N3O2. The van der Waals surface area contributed by atoms with Crippen molar-refractivity contribution < 1.29 is 9.59 Å². The Morgan fingerprint density at radius 1 is 1.14 bits per heavy atom. The van der Waals surface area contributed by atoms with Gasteiger partial charge in [-0.1, -0.05) is 37.3 Å². The Balaban J connectivity index is 1.83. The minimum atomic E-state index is -0.561. The monoisotopic (exact) mass is 379 g/mol. The predicted molar refractivity (Wildman–Crippen MR) is 111 cm³/mol. The van der Waals surface area contributed by atoms with E-state index in [-0.39, 0.29) is 11.8 Å². The number of likely N-dealkylation sites (tertiary alicyclic amines) is 1. The van der Waals surface area contributed by atoms with Crippen LogP contribution in [0, 0.1) is 5.41 Å². The van der Waals surface area contributed by atoms with E-state index in [1.165, 1.54) is 0 Å². The highest BCUT2D eigenvalue weighted by molar-refractivity contribution is 5.85. The molecular weight excluding hydrogens is 350 g/mol. The molecule has 28 heavy (non-hydrogen) atoms. The second kappa shape index (κ2) is 9.00. The van der Waals surface area contributed by atoms with E-state index >= 15 is 0 Å². The van der Waals surface area contributed by atoms with Gasteiger partial charge in [-0.15, -0.1) is 0 Å². The molecule has 0 spiro atoms. The fourth-order valence-corrected chi connectivity index (χ4v) is 4.07. The summed E-state index contributed by atoms with van der Waals surface area (Å²) in [4.78, 5) is 31.3. The lowest BCUT2D eigenvalue weighted by atomic mass is 9.74. The number of aromatic nitrogens is 1. The average Bonchev–Trinajstić information content (AvgIpc) is 2.74. The summed E-state index contributed by atoms with van der Waals surface area (Å²) < 4.78 is 0. The van der Waals surface area contributed by atoms with Crippen molar-refractivity contribution in [1.82, 2.24) is 15.2 Å². The molecule has 2 amide bonds. The number of hydrogen-bond donors (Lipinski definition) is 1. The van der Waals surface area contributed by atoms with Crippen molar-refractivity contribution in [3.8, 4) is 11.1 Å². The molecule has 0 unspecified atom stereocenters. The van der Waals surface area contributed by atoms with Crippen molar-refractivity contribution >= 4 is 11.8 Å². The third-order valence-electron chi connectivity index (χ3n) is 5.54. The molecule has 2 aromatic rings. The van der Waals surface area contributed by atoms with Crippen LogP contribution < -0.4 is 5.32 Å². The van der Waals surface area contributed by atoms with Gasteiger partial charge < -0.3 is 10.2 Å². The summed E-state index contributed by atoms with van der Waals surface area (Å²) in [5.74, 6) is 0.181. The van der Waals surface area contributed by atoms with Crippen molar-refractivity contribution in [3.05, 3.63) is 54.4 Å². The van der Waals surface area contributed by atoms with Crippen LogP contribution >= 0.6 is 0 Å². The Morgan fingerprint density at radius 3 is 2.57 bits per heavy atom. The van der Waals surface area contributed by atoms with Gasteiger partial charge in [0.25, 0.3) is 0 Å². The van der Waals surface area contributed by atoms with Crippen LogP contribution in [0.3, 0.4) is 0 Å². The number of nitrogens with one attached hydrogen (secondary N) is 1. The quantitative estimate of drug-likeness (QED) is 0.836. The van der Waals surface area contributed by atoms with Crippen molar-refractivity contribution in [1.29, 1.82) is 0 Å². The average molecular weight is 380 g/mol. The first-order chi connectivity index (χ1) is 13.6. The van der Waals surface area contributed by atoms with Crippen LogP contribution in [0.25, 0.3) is 11.1 Å². The smallest absolute Gasteiger partial charge is 0.228 e. The van der Waals surface area contributed by atoms with Crippen molar-refractivity contribution in [2.75, 3.05) is 19.6 Å². The largest absolute Gasteiger partial charge is 0.356 e. The second-order valence-corrected chi connectivity index (χ2v) is 7.53. The van der Waals surface area contributed by atoms with Gasteiger partial charge in [-0.05, 0) is 48.9 Å². The molecule has 0 radical (unpaired) electrons. The van der Waals surface area contributed by atoms with Crippen LogP contribution in [-0.2, 0) is 16.0 Å². The summed E-state index contributed by atoms with van der Waals surface area (Å²) in [6.45, 7) is 5.65. The molecule has 1 aromatic carbocycles. The van der Waals surface area contributed by atoms with Crippen LogP contribution in [0.1, 0.15) is 38.7 Å². The van der Waals surface area contributed by atoms with E-state index in [2.05, 4.69) is 34.6 Å². The maximum absolute atomic E-state index is 13.0. The summed E-state index contributed by atoms with van der Waals surface area (Å²) in [5.41, 5.74) is 2.74. The number of amides is 2. The third-order valence-corrected chi connectivity index (χ3v) is 5.54. The highest BCUT2D eigenvalue weighted by Crippen LogP contribution is 2.35.